The molecule has 0 radical (unpaired) electrons. The molecule has 6 aromatic heterocycles. The molecule has 0 aliphatic carbocycles. The SMILES string of the molecule is Cc1ccc(-c2cc(-c3ccccn3)nc(-c3ccccn3)c2)cc1.Cc1ccc(-c2cc(-c3ccccn3)nc(-c3ccccn3)c2)cc1.[C-]#N.[C-]#N.[C-]#N.[C-]#N.[Cl][Ir]([Cl])[Cl].[Ir+3].[K+]. The van der Waals surface area contributed by atoms with Gasteiger partial charge >= 0.3 is 114 Å². The van der Waals surface area contributed by atoms with E-state index in [0.717, 1.165) is 67.8 Å². The van der Waals surface area contributed by atoms with Gasteiger partial charge < -0.3 is 47.3 Å². The normalized spacial score (nSPS) is 9.11. The van der Waals surface area contributed by atoms with E-state index >= 15 is 0 Å². The van der Waals surface area contributed by atoms with Gasteiger partial charge in [0.1, 0.15) is 0 Å². The molecule has 0 atom stereocenters. The van der Waals surface area contributed by atoms with Crippen LogP contribution in [0.25, 0.3) is 67.8 Å². The number of rotatable bonds is 6. The standard InChI is InChI=1S/2C22H17N3.4CN.3ClH.2Ir.K/c2*1-16-8-10-17(11-9-16)18-14-21(19-6-2-4-12-23-19)25-22(15-18)20-7-3-5-13-24-20;4*1-2;;;;;;/h2*2-15H,1H3;;;;;3*1H;;;/q;;4*-1;;;;2*+3;+1/p-3. The van der Waals surface area contributed by atoms with Crippen LogP contribution in [0.2, 0.25) is 0 Å². The van der Waals surface area contributed by atoms with Crippen molar-refractivity contribution >= 4 is 28.8 Å². The van der Waals surface area contributed by atoms with Crippen molar-refractivity contribution in [2.75, 3.05) is 0 Å². The number of hydrogen-bond donors (Lipinski definition) is 0. The first-order valence-corrected chi connectivity index (χ1v) is 26.6. The van der Waals surface area contributed by atoms with E-state index < -0.39 is 13.5 Å². The van der Waals surface area contributed by atoms with Gasteiger partial charge in [-0.2, -0.15) is 0 Å². The molecule has 10 nitrogen and oxygen atoms in total. The summed E-state index contributed by atoms with van der Waals surface area (Å²) in [5, 5.41) is 25.0. The van der Waals surface area contributed by atoms with E-state index in [9.17, 15) is 0 Å². The Hall–Kier alpha value is -4.89. The van der Waals surface area contributed by atoms with Gasteiger partial charge in [-0.25, -0.2) is 9.97 Å². The van der Waals surface area contributed by atoms with Gasteiger partial charge in [0, 0.05) is 24.8 Å². The second-order valence-corrected chi connectivity index (χ2v) is 22.4. The van der Waals surface area contributed by atoms with Gasteiger partial charge in [0.2, 0.25) is 0 Å². The fourth-order valence-corrected chi connectivity index (χ4v) is 5.47. The van der Waals surface area contributed by atoms with Crippen molar-refractivity contribution in [3.8, 4) is 67.8 Å². The first-order valence-electron chi connectivity index (χ1n) is 17.7. The van der Waals surface area contributed by atoms with Gasteiger partial charge in [-0.3, -0.25) is 19.9 Å². The summed E-state index contributed by atoms with van der Waals surface area (Å²) < 4.78 is 0. The summed E-state index contributed by atoms with van der Waals surface area (Å²) in [5.74, 6) is 0. The molecule has 316 valence electrons. The van der Waals surface area contributed by atoms with Crippen molar-refractivity contribution in [3.05, 3.63) is 208 Å². The van der Waals surface area contributed by atoms with E-state index in [1.165, 1.54) is 11.1 Å². The topological polar surface area (TPSA) is 172 Å². The van der Waals surface area contributed by atoms with Crippen LogP contribution in [0.3, 0.4) is 0 Å². The van der Waals surface area contributed by atoms with E-state index in [4.69, 9.17) is 86.1 Å². The molecule has 8 aromatic rings. The Morgan fingerprint density at radius 1 is 0.359 bits per heavy atom. The number of aryl methyl sites for hydroxylation is 2. The van der Waals surface area contributed by atoms with Crippen molar-refractivity contribution in [3.63, 3.8) is 0 Å². The van der Waals surface area contributed by atoms with Gasteiger partial charge in [0.05, 0.1) is 45.6 Å². The van der Waals surface area contributed by atoms with E-state index in [2.05, 4.69) is 107 Å². The van der Waals surface area contributed by atoms with Crippen LogP contribution in [-0.4, -0.2) is 29.9 Å². The number of pyridine rings is 6. The summed E-state index contributed by atoms with van der Waals surface area (Å²) in [5.41, 5.74) is 13.8. The number of hydrogen-bond acceptors (Lipinski definition) is 10. The van der Waals surface area contributed by atoms with E-state index in [-0.39, 0.29) is 71.5 Å². The molecule has 0 saturated heterocycles. The molecule has 0 aliphatic rings. The number of nitrogens with zero attached hydrogens (tertiary/aromatic N) is 10. The Morgan fingerprint density at radius 2 is 0.578 bits per heavy atom. The second-order valence-electron chi connectivity index (χ2n) is 12.0. The average molecular weight is 1280 g/mol. The summed E-state index contributed by atoms with van der Waals surface area (Å²) >= 11 is -1.92. The van der Waals surface area contributed by atoms with Crippen molar-refractivity contribution in [2.24, 2.45) is 0 Å². The molecule has 8 rings (SSSR count). The van der Waals surface area contributed by atoms with E-state index in [1.807, 2.05) is 72.8 Å². The Kier molecular flexibility index (Phi) is 31.9. The molecule has 2 aromatic carbocycles. The molecule has 0 bridgehead atoms. The summed E-state index contributed by atoms with van der Waals surface area (Å²) in [6.07, 6.45) is 7.15. The second kappa shape index (κ2) is 34.5. The molecule has 6 heterocycles. The van der Waals surface area contributed by atoms with Crippen LogP contribution in [-0.2, 0) is 33.6 Å². The van der Waals surface area contributed by atoms with Crippen LogP contribution >= 0.6 is 28.8 Å². The van der Waals surface area contributed by atoms with Crippen LogP contribution in [0.15, 0.2) is 170 Å². The molecule has 0 spiro atoms. The fourth-order valence-electron chi connectivity index (χ4n) is 5.47. The van der Waals surface area contributed by atoms with Crippen molar-refractivity contribution in [2.45, 2.75) is 13.8 Å². The summed E-state index contributed by atoms with van der Waals surface area (Å²) in [6.45, 7) is 23.2. The van der Waals surface area contributed by atoms with E-state index in [1.54, 1.807) is 24.8 Å². The summed E-state index contributed by atoms with van der Waals surface area (Å²) in [4.78, 5) is 27.4. The smallest absolute Gasteiger partial charge is 1.00 e. The van der Waals surface area contributed by atoms with Crippen LogP contribution in [0.4, 0.5) is 0 Å². The van der Waals surface area contributed by atoms with Gasteiger partial charge in [0.15, 0.2) is 0 Å². The molecule has 64 heavy (non-hydrogen) atoms. The maximum atomic E-state index is 6.25. The third-order valence-electron chi connectivity index (χ3n) is 8.13. The molecule has 0 N–H and O–H groups in total. The minimum Gasteiger partial charge on any atom is 1.00 e. The maximum absolute atomic E-state index is 6.25. The maximum Gasteiger partial charge on any atom is 3.00 e. The molecule has 0 saturated carbocycles. The minimum absolute atomic E-state index is 0. The molecule has 0 fully saturated rings. The Morgan fingerprint density at radius 3 is 0.766 bits per heavy atom. The largest absolute Gasteiger partial charge is 3.00 e. The van der Waals surface area contributed by atoms with Crippen LogP contribution in [0.1, 0.15) is 11.1 Å². The molecule has 0 amide bonds. The third-order valence-corrected chi connectivity index (χ3v) is 8.13. The number of benzene rings is 2. The summed E-state index contributed by atoms with van der Waals surface area (Å²) in [7, 11) is 14.9. The van der Waals surface area contributed by atoms with Crippen LogP contribution in [0, 0.1) is 61.2 Å². The zero-order valence-corrected chi connectivity index (χ0v) is 44.6. The first-order chi connectivity index (χ1) is 30.3. The molecule has 16 heteroatoms. The molecule has 0 aliphatic heterocycles. The number of halogens is 3. The van der Waals surface area contributed by atoms with Crippen LogP contribution in [0.5, 0.6) is 0 Å². The predicted octanol–water partition coefficient (Wildman–Crippen LogP) is 9.82. The quantitative estimate of drug-likeness (QED) is 0.115. The van der Waals surface area contributed by atoms with Gasteiger partial charge in [-0.15, -0.1) is 0 Å². The molecular formula is C48H34Cl3Ir2KN10. The third kappa shape index (κ3) is 19.9. The average Bonchev–Trinajstić information content (AvgIpc) is 3.35. The zero-order chi connectivity index (χ0) is 45.7. The van der Waals surface area contributed by atoms with Crippen molar-refractivity contribution in [1.82, 2.24) is 29.9 Å². The monoisotopic (exact) mass is 1280 g/mol. The van der Waals surface area contributed by atoms with Gasteiger partial charge in [-0.05, 0) is 109 Å². The number of aromatic nitrogens is 6. The molecular weight excluding hydrogens is 1250 g/mol. The van der Waals surface area contributed by atoms with Crippen molar-refractivity contribution < 1.29 is 84.9 Å². The van der Waals surface area contributed by atoms with Gasteiger partial charge in [0.25, 0.3) is 0 Å². The predicted molar refractivity (Wildman–Crippen MR) is 239 cm³/mol. The van der Waals surface area contributed by atoms with Crippen LogP contribution < -0.4 is 51.4 Å². The van der Waals surface area contributed by atoms with Gasteiger partial charge in [-0.1, -0.05) is 83.9 Å². The molecule has 0 unspecified atom stereocenters. The first kappa shape index (κ1) is 59.1. The Labute approximate surface area is 448 Å². The Bertz CT molecular complexity index is 2280. The Balaban J connectivity index is 0.000000977. The van der Waals surface area contributed by atoms with E-state index in [0.29, 0.717) is 0 Å². The fraction of sp³-hybridized carbons (Fsp3) is 0.0417. The zero-order valence-electron chi connectivity index (χ0n) is 34.4. The summed E-state index contributed by atoms with van der Waals surface area (Å²) in [6, 6.07) is 48.8. The van der Waals surface area contributed by atoms with Crippen molar-refractivity contribution in [1.29, 1.82) is 21.0 Å². The minimum atomic E-state index is -1.92.